The van der Waals surface area contributed by atoms with Crippen LogP contribution in [0.5, 0.6) is 0 Å². The SMILES string of the molecule is Cc1cc(C)c2nc(Cl)c(C(=O)NCC(c3ccco3)N(C)C)cc2c1. The summed E-state index contributed by atoms with van der Waals surface area (Å²) in [6.45, 7) is 4.41. The molecule has 1 aromatic carbocycles. The number of nitrogens with zero attached hydrogens (tertiary/aromatic N) is 2. The fourth-order valence-electron chi connectivity index (χ4n) is 3.09. The first-order valence-corrected chi connectivity index (χ1v) is 8.80. The fourth-order valence-corrected chi connectivity index (χ4v) is 3.32. The molecule has 5 nitrogen and oxygen atoms in total. The van der Waals surface area contributed by atoms with E-state index in [0.29, 0.717) is 12.1 Å². The third-order valence-corrected chi connectivity index (χ3v) is 4.69. The van der Waals surface area contributed by atoms with Crippen molar-refractivity contribution >= 4 is 28.4 Å². The van der Waals surface area contributed by atoms with Crippen LogP contribution in [-0.2, 0) is 0 Å². The van der Waals surface area contributed by atoms with Gasteiger partial charge in [-0.25, -0.2) is 4.98 Å². The van der Waals surface area contributed by atoms with Crippen molar-refractivity contribution in [2.75, 3.05) is 20.6 Å². The van der Waals surface area contributed by atoms with E-state index >= 15 is 0 Å². The highest BCUT2D eigenvalue weighted by molar-refractivity contribution is 6.33. The Morgan fingerprint density at radius 2 is 2.08 bits per heavy atom. The van der Waals surface area contributed by atoms with E-state index in [1.165, 1.54) is 0 Å². The highest BCUT2D eigenvalue weighted by Gasteiger charge is 2.20. The molecule has 0 aliphatic heterocycles. The van der Waals surface area contributed by atoms with Crippen LogP contribution >= 0.6 is 11.6 Å². The summed E-state index contributed by atoms with van der Waals surface area (Å²) in [6.07, 6.45) is 1.63. The summed E-state index contributed by atoms with van der Waals surface area (Å²) >= 11 is 6.29. The minimum atomic E-state index is -0.248. The first-order valence-electron chi connectivity index (χ1n) is 8.42. The monoisotopic (exact) mass is 371 g/mol. The molecule has 136 valence electrons. The third-order valence-electron chi connectivity index (χ3n) is 4.40. The maximum absolute atomic E-state index is 12.7. The van der Waals surface area contributed by atoms with Crippen LogP contribution in [0.1, 0.15) is 33.3 Å². The number of nitrogens with one attached hydrogen (secondary N) is 1. The van der Waals surface area contributed by atoms with Crippen LogP contribution in [-0.4, -0.2) is 36.4 Å². The number of hydrogen-bond donors (Lipinski definition) is 1. The van der Waals surface area contributed by atoms with Crippen LogP contribution in [0, 0.1) is 13.8 Å². The summed E-state index contributed by atoms with van der Waals surface area (Å²) in [6, 6.07) is 9.53. The Labute approximate surface area is 158 Å². The van der Waals surface area contributed by atoms with Crippen molar-refractivity contribution < 1.29 is 9.21 Å². The molecule has 1 N–H and O–H groups in total. The number of benzene rings is 1. The molecule has 1 amide bonds. The molecule has 0 fully saturated rings. The molecule has 0 aliphatic rings. The van der Waals surface area contributed by atoms with E-state index in [0.717, 1.165) is 27.8 Å². The number of hydrogen-bond acceptors (Lipinski definition) is 4. The van der Waals surface area contributed by atoms with Crippen molar-refractivity contribution in [1.29, 1.82) is 0 Å². The van der Waals surface area contributed by atoms with E-state index in [9.17, 15) is 4.79 Å². The lowest BCUT2D eigenvalue weighted by Gasteiger charge is -2.22. The van der Waals surface area contributed by atoms with Gasteiger partial charge in [0.15, 0.2) is 0 Å². The van der Waals surface area contributed by atoms with Crippen molar-refractivity contribution in [3.8, 4) is 0 Å². The lowest BCUT2D eigenvalue weighted by atomic mass is 10.1. The third kappa shape index (κ3) is 3.74. The summed E-state index contributed by atoms with van der Waals surface area (Å²) in [7, 11) is 3.88. The Morgan fingerprint density at radius 3 is 2.73 bits per heavy atom. The number of carbonyl (C=O) groups is 1. The number of amides is 1. The topological polar surface area (TPSA) is 58.4 Å². The molecular formula is C20H22ClN3O2. The summed E-state index contributed by atoms with van der Waals surface area (Å²) in [5.74, 6) is 0.547. The predicted octanol–water partition coefficient (Wildman–Crippen LogP) is 4.13. The lowest BCUT2D eigenvalue weighted by Crippen LogP contribution is -2.34. The van der Waals surface area contributed by atoms with Crippen LogP contribution in [0.4, 0.5) is 0 Å². The van der Waals surface area contributed by atoms with Gasteiger partial charge in [0.2, 0.25) is 0 Å². The standard InChI is InChI=1S/C20H22ClN3O2/c1-12-8-13(2)18-14(9-12)10-15(19(21)23-18)20(25)22-11-16(24(3)4)17-6-5-7-26-17/h5-10,16H,11H2,1-4H3,(H,22,25). The van der Waals surface area contributed by atoms with Crippen molar-refractivity contribution in [2.45, 2.75) is 19.9 Å². The van der Waals surface area contributed by atoms with Gasteiger partial charge in [0.25, 0.3) is 5.91 Å². The summed E-state index contributed by atoms with van der Waals surface area (Å²) in [5.41, 5.74) is 3.36. The smallest absolute Gasteiger partial charge is 0.254 e. The van der Waals surface area contributed by atoms with E-state index < -0.39 is 0 Å². The molecule has 0 bridgehead atoms. The van der Waals surface area contributed by atoms with Gasteiger partial charge >= 0.3 is 0 Å². The molecule has 0 spiro atoms. The lowest BCUT2D eigenvalue weighted by molar-refractivity contribution is 0.0939. The summed E-state index contributed by atoms with van der Waals surface area (Å²) < 4.78 is 5.47. The second kappa shape index (κ2) is 7.48. The number of rotatable bonds is 5. The van der Waals surface area contributed by atoms with Crippen molar-refractivity contribution in [3.63, 3.8) is 0 Å². The minimum absolute atomic E-state index is 0.0642. The highest BCUT2D eigenvalue weighted by atomic mass is 35.5. The van der Waals surface area contributed by atoms with E-state index in [2.05, 4.69) is 16.4 Å². The largest absolute Gasteiger partial charge is 0.468 e. The zero-order valence-corrected chi connectivity index (χ0v) is 16.1. The Balaban J connectivity index is 1.84. The number of furan rings is 1. The molecule has 3 aromatic rings. The van der Waals surface area contributed by atoms with Gasteiger partial charge < -0.3 is 9.73 Å². The molecule has 1 atom stereocenters. The molecule has 0 radical (unpaired) electrons. The quantitative estimate of drug-likeness (QED) is 0.685. The summed E-state index contributed by atoms with van der Waals surface area (Å²) in [4.78, 5) is 19.1. The maximum Gasteiger partial charge on any atom is 0.254 e. The second-order valence-electron chi connectivity index (χ2n) is 6.69. The Morgan fingerprint density at radius 1 is 1.31 bits per heavy atom. The normalized spacial score (nSPS) is 12.5. The number of aromatic nitrogens is 1. The van der Waals surface area contributed by atoms with E-state index in [1.807, 2.05) is 51.0 Å². The fraction of sp³-hybridized carbons (Fsp3) is 0.300. The minimum Gasteiger partial charge on any atom is -0.468 e. The van der Waals surface area contributed by atoms with Crippen LogP contribution in [0.15, 0.2) is 41.0 Å². The number of pyridine rings is 1. The summed E-state index contributed by atoms with van der Waals surface area (Å²) in [5, 5.41) is 4.06. The van der Waals surface area contributed by atoms with Gasteiger partial charge in [-0.1, -0.05) is 23.2 Å². The average molecular weight is 372 g/mol. The number of carbonyl (C=O) groups excluding carboxylic acids is 1. The van der Waals surface area contributed by atoms with Gasteiger partial charge in [0, 0.05) is 11.9 Å². The van der Waals surface area contributed by atoms with Crippen molar-refractivity contribution in [2.24, 2.45) is 0 Å². The maximum atomic E-state index is 12.7. The Kier molecular flexibility index (Phi) is 5.30. The number of fused-ring (bicyclic) bond motifs is 1. The zero-order chi connectivity index (χ0) is 18.8. The molecule has 0 saturated heterocycles. The molecule has 3 rings (SSSR count). The Hall–Kier alpha value is -2.37. The molecule has 6 heteroatoms. The first kappa shape index (κ1) is 18.4. The second-order valence-corrected chi connectivity index (χ2v) is 7.04. The van der Waals surface area contributed by atoms with Gasteiger partial charge in [0.05, 0.1) is 23.4 Å². The van der Waals surface area contributed by atoms with Gasteiger partial charge in [-0.3, -0.25) is 9.69 Å². The van der Waals surface area contributed by atoms with Crippen molar-refractivity contribution in [3.05, 3.63) is 64.2 Å². The molecule has 0 saturated carbocycles. The van der Waals surface area contributed by atoms with Crippen LogP contribution in [0.2, 0.25) is 5.15 Å². The van der Waals surface area contributed by atoms with Gasteiger partial charge in [-0.05, 0) is 57.8 Å². The van der Waals surface area contributed by atoms with Gasteiger partial charge in [-0.2, -0.15) is 0 Å². The number of aryl methyl sites for hydroxylation is 2. The number of likely N-dealkylation sites (N-methyl/N-ethyl adjacent to an activating group) is 1. The van der Waals surface area contributed by atoms with E-state index in [4.69, 9.17) is 16.0 Å². The average Bonchev–Trinajstić information content (AvgIpc) is 3.09. The van der Waals surface area contributed by atoms with Crippen LogP contribution in [0.3, 0.4) is 0 Å². The molecular weight excluding hydrogens is 350 g/mol. The van der Waals surface area contributed by atoms with Gasteiger partial charge in [-0.15, -0.1) is 0 Å². The van der Waals surface area contributed by atoms with E-state index in [-0.39, 0.29) is 17.1 Å². The van der Waals surface area contributed by atoms with Crippen LogP contribution in [0.25, 0.3) is 10.9 Å². The van der Waals surface area contributed by atoms with Crippen molar-refractivity contribution in [1.82, 2.24) is 15.2 Å². The molecule has 2 aromatic heterocycles. The highest BCUT2D eigenvalue weighted by Crippen LogP contribution is 2.25. The first-order chi connectivity index (χ1) is 12.4. The van der Waals surface area contributed by atoms with Gasteiger partial charge in [0.1, 0.15) is 10.9 Å². The molecule has 2 heterocycles. The van der Waals surface area contributed by atoms with Crippen LogP contribution < -0.4 is 5.32 Å². The number of halogens is 1. The molecule has 1 unspecified atom stereocenters. The Bertz CT molecular complexity index is 936. The predicted molar refractivity (Wildman–Crippen MR) is 104 cm³/mol. The molecule has 0 aliphatic carbocycles. The molecule has 26 heavy (non-hydrogen) atoms. The zero-order valence-electron chi connectivity index (χ0n) is 15.3. The van der Waals surface area contributed by atoms with E-state index in [1.54, 1.807) is 12.3 Å².